The van der Waals surface area contributed by atoms with E-state index in [4.69, 9.17) is 96.0 Å². The number of alkyl carbamates (subject to hydrolysis) is 1. The van der Waals surface area contributed by atoms with Gasteiger partial charge in [0.15, 0.2) is 11.7 Å². The monoisotopic (exact) mass is 1590 g/mol. The number of ether oxygens (including phenoxy) is 18. The van der Waals surface area contributed by atoms with E-state index in [0.29, 0.717) is 190 Å². The van der Waals surface area contributed by atoms with Crippen LogP contribution in [0.25, 0.3) is 22.3 Å². The van der Waals surface area contributed by atoms with Crippen molar-refractivity contribution in [3.8, 4) is 17.1 Å². The molecule has 5 aliphatic rings. The number of carbonyl (C=O) groups excluding carboxylic acids is 6. The summed E-state index contributed by atoms with van der Waals surface area (Å²) in [5.41, 5.74) is 6.36. The van der Waals surface area contributed by atoms with Crippen molar-refractivity contribution in [2.75, 3.05) is 199 Å². The van der Waals surface area contributed by atoms with Crippen LogP contribution in [-0.2, 0) is 143 Å². The van der Waals surface area contributed by atoms with E-state index >= 15 is 4.39 Å². The lowest BCUT2D eigenvalue weighted by Gasteiger charge is -2.49. The standard InChI is InChI=1S/C75H106FN7O29/c1-5-75(94)53-37-57-64-51(40-83(57)69(90)52(53)42-108-72(75)92)63-55(8-7-50-47(2)54(76)38-56(80-64)62(50)63)81-73(93)109-41-48-6-9-58(111-71-67(89)65(87)66(88)68(112-71)70(91)96-4)49(36-48)39-79-59(84)10-12-78-60(85)43-110-74(44-77)45-82(46-74)61(86)11-13-97-16-17-99-20-21-101-24-25-103-28-29-105-32-33-107-35-34-106-31-30-104-27-26-102-23-22-100-19-18-98-15-14-95-3/h6,9,36-38,55,65-68,71,87-89,94H,5,7-8,10-35,39-46,77H2,1-4H3,(H,78,85)(H,79,84)(H,81,93)/t55-,65-,66-,67+,68-,71+,75-/m0/s1. The number of likely N-dealkylation sites (tertiary alicyclic amines) is 1. The number of benzene rings is 2. The summed E-state index contributed by atoms with van der Waals surface area (Å²) < 4.78 is 116. The summed E-state index contributed by atoms with van der Waals surface area (Å²) in [5.74, 6) is -3.79. The van der Waals surface area contributed by atoms with Crippen LogP contribution in [0.4, 0.5) is 9.18 Å². The van der Waals surface area contributed by atoms with Crippen LogP contribution < -0.4 is 32.0 Å². The molecule has 0 spiro atoms. The van der Waals surface area contributed by atoms with Gasteiger partial charge in [0.2, 0.25) is 24.0 Å². The van der Waals surface area contributed by atoms with Gasteiger partial charge in [0.1, 0.15) is 55.3 Å². The van der Waals surface area contributed by atoms with E-state index in [1.54, 1.807) is 31.9 Å². The maximum atomic E-state index is 15.6. The van der Waals surface area contributed by atoms with Gasteiger partial charge < -0.3 is 137 Å². The van der Waals surface area contributed by atoms with Gasteiger partial charge in [-0.05, 0) is 66.6 Å². The van der Waals surface area contributed by atoms with Gasteiger partial charge in [0.25, 0.3) is 5.56 Å². The minimum absolute atomic E-state index is 0.00204. The Hall–Kier alpha value is -7.61. The largest absolute Gasteiger partial charge is 0.467 e. The molecule has 0 radical (unpaired) electrons. The number of aryl methyl sites for hydroxylation is 1. The lowest BCUT2D eigenvalue weighted by atomic mass is 9.81. The Morgan fingerprint density at radius 2 is 1.27 bits per heavy atom. The molecule has 622 valence electrons. The highest BCUT2D eigenvalue weighted by Gasteiger charge is 2.50. The Labute approximate surface area is 646 Å². The smallest absolute Gasteiger partial charge is 0.407 e. The second-order valence-electron chi connectivity index (χ2n) is 26.9. The second kappa shape index (κ2) is 44.9. The number of hydrogen-bond donors (Lipinski definition) is 8. The zero-order valence-electron chi connectivity index (χ0n) is 63.8. The van der Waals surface area contributed by atoms with Gasteiger partial charge in [-0.3, -0.25) is 19.2 Å². The molecule has 2 saturated heterocycles. The number of aromatic nitrogens is 2. The van der Waals surface area contributed by atoms with Gasteiger partial charge in [0.05, 0.1) is 214 Å². The van der Waals surface area contributed by atoms with E-state index in [1.807, 2.05) is 0 Å². The van der Waals surface area contributed by atoms with Crippen LogP contribution in [0.3, 0.4) is 0 Å². The quantitative estimate of drug-likeness (QED) is 0.0141. The number of nitrogens with zero attached hydrogens (tertiary/aromatic N) is 3. The molecule has 4 aliphatic heterocycles. The van der Waals surface area contributed by atoms with E-state index in [2.05, 4.69) is 16.0 Å². The molecule has 4 aromatic rings. The van der Waals surface area contributed by atoms with Crippen LogP contribution in [0.15, 0.2) is 35.1 Å². The lowest BCUT2D eigenvalue weighted by molar-refractivity contribution is -0.272. The molecular weight excluding hydrogens is 1480 g/mol. The molecule has 9 rings (SSSR count). The van der Waals surface area contributed by atoms with E-state index < -0.39 is 95.8 Å². The number of cyclic esters (lactones) is 1. The Bertz CT molecular complexity index is 3810. The zero-order valence-corrected chi connectivity index (χ0v) is 63.8. The highest BCUT2D eigenvalue weighted by molar-refractivity contribution is 5.94. The summed E-state index contributed by atoms with van der Waals surface area (Å²) in [6, 6.07) is 6.50. The van der Waals surface area contributed by atoms with Crippen molar-refractivity contribution in [2.45, 2.75) is 120 Å². The first-order valence-corrected chi connectivity index (χ1v) is 37.5. The molecule has 1 aliphatic carbocycles. The summed E-state index contributed by atoms with van der Waals surface area (Å²) in [6.07, 6.45) is -9.68. The number of amides is 4. The molecule has 2 fully saturated rings. The third-order valence-electron chi connectivity index (χ3n) is 19.4. The van der Waals surface area contributed by atoms with Gasteiger partial charge in [-0.15, -0.1) is 0 Å². The van der Waals surface area contributed by atoms with Crippen LogP contribution >= 0.6 is 0 Å². The third-order valence-corrected chi connectivity index (χ3v) is 19.4. The number of carbonyl (C=O) groups is 6. The number of hydrogen-bond acceptors (Lipinski definition) is 31. The maximum Gasteiger partial charge on any atom is 0.407 e. The fraction of sp³-hybridized carbons (Fsp3) is 0.653. The van der Waals surface area contributed by atoms with Gasteiger partial charge >= 0.3 is 18.0 Å². The summed E-state index contributed by atoms with van der Waals surface area (Å²) in [7, 11) is 2.66. The number of aliphatic hydroxyl groups excluding tert-OH is 3. The maximum absolute atomic E-state index is 15.6. The third kappa shape index (κ3) is 24.2. The van der Waals surface area contributed by atoms with Gasteiger partial charge in [0, 0.05) is 61.3 Å². The van der Waals surface area contributed by atoms with Crippen LogP contribution in [0, 0.1) is 12.7 Å². The number of nitrogens with one attached hydrogen (secondary N) is 3. The highest BCUT2D eigenvalue weighted by atomic mass is 19.1. The SMILES string of the molecule is CC[C@@]1(O)C(=O)OCc2c1cc1n(c2=O)Cc2c-1nc1cc(F)c(C)c3c1c2[C@@H](NC(=O)OCc1ccc(O[C@@H]2O[C@H](C(=O)OC)[C@@H](O)[C@H](O)[C@H]2O)c(CNC(=O)CCNC(=O)COC2(CN)CN(C(=O)CCOCCOCCOCCOCCOCCOCCOCCOCCOCCOCCOCCOC)C2)c1)CC3. The number of esters is 2. The molecule has 37 heteroatoms. The minimum atomic E-state index is -2.10. The van der Waals surface area contributed by atoms with E-state index in [-0.39, 0.29) is 125 Å². The summed E-state index contributed by atoms with van der Waals surface area (Å²) >= 11 is 0. The molecule has 7 atom stereocenters. The van der Waals surface area contributed by atoms with Crippen LogP contribution in [0.1, 0.15) is 83.2 Å². The van der Waals surface area contributed by atoms with Gasteiger partial charge in [-0.25, -0.2) is 23.8 Å². The summed E-state index contributed by atoms with van der Waals surface area (Å²) in [4.78, 5) is 99.3. The number of nitrogens with two attached hydrogens (primary N) is 1. The average Bonchev–Trinajstić information content (AvgIpc) is 1.52. The number of fused-ring (bicyclic) bond motifs is 5. The zero-order chi connectivity index (χ0) is 80.0. The fourth-order valence-electron chi connectivity index (χ4n) is 13.1. The molecule has 2 aromatic carbocycles. The summed E-state index contributed by atoms with van der Waals surface area (Å²) in [6.45, 7) is 11.9. The van der Waals surface area contributed by atoms with Gasteiger partial charge in [-0.2, -0.15) is 0 Å². The average molecular weight is 1590 g/mol. The first kappa shape index (κ1) is 88.3. The Morgan fingerprint density at radius 3 is 1.82 bits per heavy atom. The van der Waals surface area contributed by atoms with Crippen molar-refractivity contribution in [3.63, 3.8) is 0 Å². The molecule has 6 heterocycles. The number of rotatable bonds is 52. The minimum Gasteiger partial charge on any atom is -0.467 e. The van der Waals surface area contributed by atoms with Crippen LogP contribution in [-0.4, -0.2) is 306 Å². The van der Waals surface area contributed by atoms with Crippen molar-refractivity contribution < 1.29 is 139 Å². The van der Waals surface area contributed by atoms with Gasteiger partial charge in [-0.1, -0.05) is 13.0 Å². The Balaban J connectivity index is 0.634. The van der Waals surface area contributed by atoms with Crippen molar-refractivity contribution in [2.24, 2.45) is 5.73 Å². The fourth-order valence-corrected chi connectivity index (χ4v) is 13.1. The molecule has 112 heavy (non-hydrogen) atoms. The molecule has 0 unspecified atom stereocenters. The lowest BCUT2D eigenvalue weighted by Crippen LogP contribution is -2.68. The van der Waals surface area contributed by atoms with Crippen molar-refractivity contribution in [3.05, 3.63) is 91.0 Å². The number of pyridine rings is 2. The number of aliphatic hydroxyl groups is 4. The van der Waals surface area contributed by atoms with E-state index in [9.17, 15) is 54.0 Å². The molecule has 0 bridgehead atoms. The van der Waals surface area contributed by atoms with E-state index in [1.165, 1.54) is 28.8 Å². The first-order valence-electron chi connectivity index (χ1n) is 37.5. The van der Waals surface area contributed by atoms with Crippen molar-refractivity contribution in [1.82, 2.24) is 30.4 Å². The normalized spacial score (nSPS) is 20.0. The van der Waals surface area contributed by atoms with Crippen LogP contribution in [0.5, 0.6) is 5.75 Å². The predicted octanol–water partition coefficient (Wildman–Crippen LogP) is -0.302. The molecular formula is C75H106FN7O29. The molecule has 9 N–H and O–H groups in total. The Kier molecular flexibility index (Phi) is 35.4. The van der Waals surface area contributed by atoms with Crippen molar-refractivity contribution >= 4 is 46.7 Å². The van der Waals surface area contributed by atoms with Crippen LogP contribution in [0.2, 0.25) is 0 Å². The number of methoxy groups -OCH3 is 2. The molecule has 2 aromatic heterocycles. The topological polar surface area (TPSA) is 450 Å². The summed E-state index contributed by atoms with van der Waals surface area (Å²) in [5, 5.41) is 52.6. The first-order chi connectivity index (χ1) is 54.2. The predicted molar refractivity (Wildman–Crippen MR) is 389 cm³/mol. The van der Waals surface area contributed by atoms with E-state index in [0.717, 1.165) is 7.11 Å². The molecule has 4 amide bonds. The highest BCUT2D eigenvalue weighted by Crippen LogP contribution is 2.46. The molecule has 0 saturated carbocycles. The Morgan fingerprint density at radius 1 is 0.696 bits per heavy atom. The molecule has 36 nitrogen and oxygen atoms in total. The van der Waals surface area contributed by atoms with Crippen molar-refractivity contribution in [1.29, 1.82) is 0 Å². The second-order valence-corrected chi connectivity index (χ2v) is 26.9. The number of halogens is 1.